The monoisotopic (exact) mass is 224 g/mol. The molecular formula is C2H2BrNaO4S. The summed E-state index contributed by atoms with van der Waals surface area (Å²) in [6.45, 7) is 0. The summed E-state index contributed by atoms with van der Waals surface area (Å²) in [7, 11) is -4.69. The van der Waals surface area contributed by atoms with Crippen molar-refractivity contribution in [2.45, 2.75) is 0 Å². The maximum Gasteiger partial charge on any atom is 1.00 e. The predicted molar refractivity (Wildman–Crippen MR) is 28.5 cm³/mol. The first-order valence-corrected chi connectivity index (χ1v) is 4.06. The van der Waals surface area contributed by atoms with E-state index in [1.807, 2.05) is 0 Å². The molecule has 0 aromatic carbocycles. The molecule has 0 fully saturated rings. The van der Waals surface area contributed by atoms with Gasteiger partial charge in [0.05, 0.1) is 5.33 Å². The number of carbonyl (C=O) groups is 1. The second-order valence-corrected chi connectivity index (χ2v) is 2.88. The van der Waals surface area contributed by atoms with Crippen LogP contribution in [0.2, 0.25) is 0 Å². The van der Waals surface area contributed by atoms with Gasteiger partial charge >= 0.3 is 29.6 Å². The maximum absolute atomic E-state index is 9.89. The molecule has 0 unspecified atom stereocenters. The van der Waals surface area contributed by atoms with Gasteiger partial charge in [0.25, 0.3) is 0 Å². The van der Waals surface area contributed by atoms with Crippen LogP contribution in [0.4, 0.5) is 0 Å². The minimum atomic E-state index is -4.69. The van der Waals surface area contributed by atoms with Gasteiger partial charge in [-0.2, -0.15) is 0 Å². The van der Waals surface area contributed by atoms with Gasteiger partial charge in [-0.25, -0.2) is 8.42 Å². The fraction of sp³-hybridized carbons (Fsp3) is 0.500. The van der Waals surface area contributed by atoms with Crippen molar-refractivity contribution in [3.63, 3.8) is 0 Å². The van der Waals surface area contributed by atoms with Gasteiger partial charge < -0.3 is 4.55 Å². The molecule has 0 N–H and O–H groups in total. The van der Waals surface area contributed by atoms with E-state index in [2.05, 4.69) is 15.9 Å². The van der Waals surface area contributed by atoms with E-state index in [9.17, 15) is 17.8 Å². The normalized spacial score (nSPS) is 10.0. The van der Waals surface area contributed by atoms with Crippen molar-refractivity contribution < 1.29 is 47.3 Å². The molecule has 4 nitrogen and oxygen atoms in total. The number of rotatable bonds is 1. The molecule has 0 spiro atoms. The maximum atomic E-state index is 9.89. The van der Waals surface area contributed by atoms with Crippen molar-refractivity contribution in [2.24, 2.45) is 0 Å². The Labute approximate surface area is 83.2 Å². The molecule has 0 atom stereocenters. The van der Waals surface area contributed by atoms with Crippen LogP contribution in [0.25, 0.3) is 0 Å². The average molecular weight is 225 g/mol. The van der Waals surface area contributed by atoms with Crippen molar-refractivity contribution in [2.75, 3.05) is 5.33 Å². The number of halogens is 1. The molecular weight excluding hydrogens is 223 g/mol. The van der Waals surface area contributed by atoms with Gasteiger partial charge in [0.2, 0.25) is 5.12 Å². The van der Waals surface area contributed by atoms with E-state index in [0.717, 1.165) is 0 Å². The van der Waals surface area contributed by atoms with Crippen LogP contribution in [0.5, 0.6) is 0 Å². The second kappa shape index (κ2) is 4.81. The third kappa shape index (κ3) is 5.50. The molecule has 0 aliphatic carbocycles. The van der Waals surface area contributed by atoms with Crippen molar-refractivity contribution in [1.29, 1.82) is 0 Å². The standard InChI is InChI=1S/C2H3BrO4S.Na/c3-1-2(4)8(5,6)7;/h1H2,(H,5,6,7);/q;+1/p-1. The summed E-state index contributed by atoms with van der Waals surface area (Å²) in [6.07, 6.45) is 0. The summed E-state index contributed by atoms with van der Waals surface area (Å²) < 4.78 is 28.9. The van der Waals surface area contributed by atoms with Crippen LogP contribution >= 0.6 is 15.9 Å². The van der Waals surface area contributed by atoms with Gasteiger partial charge in [0.1, 0.15) is 0 Å². The summed E-state index contributed by atoms with van der Waals surface area (Å²) in [6, 6.07) is 0. The molecule has 48 valence electrons. The fourth-order valence-electron chi connectivity index (χ4n) is 0.0668. The Morgan fingerprint density at radius 2 is 1.89 bits per heavy atom. The summed E-state index contributed by atoms with van der Waals surface area (Å²) in [5.74, 6) is 0. The average Bonchev–Trinajstić information content (AvgIpc) is 1.62. The van der Waals surface area contributed by atoms with Gasteiger partial charge in [-0.3, -0.25) is 4.79 Å². The third-order valence-corrected chi connectivity index (χ3v) is 1.97. The summed E-state index contributed by atoms with van der Waals surface area (Å²) in [5.41, 5.74) is 0. The molecule has 9 heavy (non-hydrogen) atoms. The minimum Gasteiger partial charge on any atom is -0.742 e. The van der Waals surface area contributed by atoms with Crippen molar-refractivity contribution in [1.82, 2.24) is 0 Å². The Morgan fingerprint density at radius 3 is 1.89 bits per heavy atom. The van der Waals surface area contributed by atoms with E-state index in [1.165, 1.54) is 0 Å². The minimum absolute atomic E-state index is 0. The van der Waals surface area contributed by atoms with Crippen LogP contribution < -0.4 is 29.6 Å². The summed E-state index contributed by atoms with van der Waals surface area (Å²) >= 11 is 2.52. The Morgan fingerprint density at radius 1 is 1.56 bits per heavy atom. The van der Waals surface area contributed by atoms with Crippen LogP contribution in [0, 0.1) is 0 Å². The molecule has 0 saturated heterocycles. The van der Waals surface area contributed by atoms with Crippen LogP contribution in [0.15, 0.2) is 0 Å². The molecule has 0 saturated carbocycles. The summed E-state index contributed by atoms with van der Waals surface area (Å²) in [4.78, 5) is 9.89. The van der Waals surface area contributed by atoms with Crippen LogP contribution in [0.1, 0.15) is 0 Å². The molecule has 7 heteroatoms. The zero-order valence-corrected chi connectivity index (χ0v) is 9.03. The van der Waals surface area contributed by atoms with Crippen molar-refractivity contribution in [3.8, 4) is 0 Å². The van der Waals surface area contributed by atoms with Crippen LogP contribution in [-0.2, 0) is 14.9 Å². The smallest absolute Gasteiger partial charge is 0.742 e. The Hall–Kier alpha value is 1.06. The second-order valence-electron chi connectivity index (χ2n) is 0.960. The van der Waals surface area contributed by atoms with Crippen LogP contribution in [-0.4, -0.2) is 23.4 Å². The van der Waals surface area contributed by atoms with E-state index in [-0.39, 0.29) is 29.6 Å². The molecule has 0 radical (unpaired) electrons. The molecule has 0 aliphatic rings. The first-order valence-electron chi connectivity index (χ1n) is 1.53. The predicted octanol–water partition coefficient (Wildman–Crippen LogP) is -3.54. The molecule has 0 bridgehead atoms. The van der Waals surface area contributed by atoms with Gasteiger partial charge in [0, 0.05) is 0 Å². The Kier molecular flexibility index (Phi) is 6.80. The zero-order chi connectivity index (χ0) is 6.78. The van der Waals surface area contributed by atoms with E-state index in [1.54, 1.807) is 0 Å². The molecule has 0 aromatic rings. The zero-order valence-electron chi connectivity index (χ0n) is 4.63. The first kappa shape index (κ1) is 12.7. The van der Waals surface area contributed by atoms with Crippen molar-refractivity contribution >= 4 is 31.2 Å². The van der Waals surface area contributed by atoms with Gasteiger partial charge in [-0.05, 0) is 0 Å². The SMILES string of the molecule is O=C(CBr)S(=O)(=O)[O-].[Na+]. The summed E-state index contributed by atoms with van der Waals surface area (Å²) in [5, 5.41) is -1.77. The number of hydrogen-bond donors (Lipinski definition) is 0. The molecule has 0 heterocycles. The largest absolute Gasteiger partial charge is 1.00 e. The quantitative estimate of drug-likeness (QED) is 0.263. The van der Waals surface area contributed by atoms with Crippen LogP contribution in [0.3, 0.4) is 0 Å². The molecule has 0 aliphatic heterocycles. The van der Waals surface area contributed by atoms with Crippen molar-refractivity contribution in [3.05, 3.63) is 0 Å². The Bertz CT molecular complexity index is 185. The van der Waals surface area contributed by atoms with E-state index >= 15 is 0 Å². The fourth-order valence-corrected chi connectivity index (χ4v) is 1.04. The van der Waals surface area contributed by atoms with E-state index in [4.69, 9.17) is 0 Å². The first-order chi connectivity index (χ1) is 3.48. The molecule has 0 rings (SSSR count). The Balaban J connectivity index is 0. The number of alkyl halides is 1. The molecule has 0 aromatic heterocycles. The molecule has 0 amide bonds. The number of hydrogen-bond acceptors (Lipinski definition) is 4. The van der Waals surface area contributed by atoms with E-state index < -0.39 is 20.6 Å². The van der Waals surface area contributed by atoms with Gasteiger partial charge in [0.15, 0.2) is 10.1 Å². The van der Waals surface area contributed by atoms with E-state index in [0.29, 0.717) is 0 Å². The van der Waals surface area contributed by atoms with Gasteiger partial charge in [-0.15, -0.1) is 0 Å². The van der Waals surface area contributed by atoms with Gasteiger partial charge in [-0.1, -0.05) is 15.9 Å². The number of carbonyl (C=O) groups excluding carboxylic acids is 1. The third-order valence-electron chi connectivity index (χ3n) is 0.388. The topological polar surface area (TPSA) is 74.3 Å².